The van der Waals surface area contributed by atoms with Crippen LogP contribution in [0.15, 0.2) is 23.8 Å². The average Bonchev–Trinajstić information content (AvgIpc) is 2.67. The molecule has 0 heterocycles. The molecule has 0 aromatic carbocycles. The number of ether oxygens (including phenoxy) is 1. The molecule has 0 spiro atoms. The van der Waals surface area contributed by atoms with Gasteiger partial charge in [-0.2, -0.15) is 0 Å². The van der Waals surface area contributed by atoms with E-state index in [0.717, 1.165) is 5.57 Å². The van der Waals surface area contributed by atoms with Gasteiger partial charge in [-0.1, -0.05) is 38.9 Å². The number of hydrogen-bond acceptors (Lipinski definition) is 7. The van der Waals surface area contributed by atoms with E-state index in [1.165, 1.54) is 0 Å². The van der Waals surface area contributed by atoms with E-state index in [1.807, 2.05) is 19.1 Å². The van der Waals surface area contributed by atoms with Gasteiger partial charge in [-0.15, -0.1) is 0 Å². The van der Waals surface area contributed by atoms with Crippen LogP contribution in [0.5, 0.6) is 0 Å². The number of rotatable bonds is 10. The fourth-order valence-corrected chi connectivity index (χ4v) is 4.48. The number of esters is 1. The number of allylic oxidation sites excluding steroid dienone is 1. The van der Waals surface area contributed by atoms with E-state index in [9.17, 15) is 30.0 Å². The van der Waals surface area contributed by atoms with Crippen LogP contribution in [0.4, 0.5) is 0 Å². The zero-order valence-corrected chi connectivity index (χ0v) is 20.6. The molecule has 0 radical (unpaired) electrons. The van der Waals surface area contributed by atoms with Crippen LogP contribution < -0.4 is 34.7 Å². The molecular weight excluding hydrogens is 411 g/mol. The summed E-state index contributed by atoms with van der Waals surface area (Å²) < 4.78 is 28.6. The van der Waals surface area contributed by atoms with E-state index in [-0.39, 0.29) is 66.6 Å². The Hall–Kier alpha value is -0.700. The third-order valence-corrected chi connectivity index (χ3v) is 6.24. The Morgan fingerprint density at radius 2 is 2.06 bits per heavy atom. The van der Waals surface area contributed by atoms with Gasteiger partial charge in [0.25, 0.3) is 0 Å². The van der Waals surface area contributed by atoms with Crippen molar-refractivity contribution in [3.63, 3.8) is 0 Å². The van der Waals surface area contributed by atoms with Gasteiger partial charge in [0, 0.05) is 28.8 Å². The Bertz CT molecular complexity index is 755. The number of carboxylic acids is 1. The topological polar surface area (TPSA) is 127 Å². The number of aliphatic hydroxyl groups is 3. The number of carboxylic acid groups (broad SMARTS) is 1. The molecule has 31 heavy (non-hydrogen) atoms. The number of carbonyl (C=O) groups excluding carboxylic acids is 2. The molecule has 0 aromatic rings. The monoisotopic (exact) mass is 449 g/mol. The van der Waals surface area contributed by atoms with E-state index >= 15 is 0 Å². The first-order chi connectivity index (χ1) is 15.3. The van der Waals surface area contributed by atoms with Gasteiger partial charge in [0.2, 0.25) is 0 Å². The molecule has 8 atom stereocenters. The Labute approximate surface area is 211 Å². The molecule has 0 aromatic heterocycles. The van der Waals surface area contributed by atoms with Crippen molar-refractivity contribution in [2.45, 2.75) is 83.6 Å². The summed E-state index contributed by atoms with van der Waals surface area (Å²) in [7, 11) is 0. The molecule has 2 aliphatic rings. The molecule has 0 unspecified atom stereocenters. The Morgan fingerprint density at radius 1 is 1.35 bits per heavy atom. The molecule has 0 amide bonds. The number of aliphatic hydroxyl groups excluding tert-OH is 3. The van der Waals surface area contributed by atoms with Crippen molar-refractivity contribution in [2.24, 2.45) is 23.7 Å². The first-order valence-corrected chi connectivity index (χ1v) is 10.7. The molecule has 0 aliphatic heterocycles. The maximum Gasteiger partial charge on any atom is 1.00 e. The average molecular weight is 450 g/mol. The van der Waals surface area contributed by atoms with Gasteiger partial charge in [0.1, 0.15) is 6.10 Å². The summed E-state index contributed by atoms with van der Waals surface area (Å²) in [6.07, 6.45) is 2.52. The van der Waals surface area contributed by atoms with Gasteiger partial charge in [0.05, 0.1) is 24.2 Å². The Morgan fingerprint density at radius 3 is 2.68 bits per heavy atom. The van der Waals surface area contributed by atoms with E-state index in [4.69, 9.17) is 8.85 Å². The minimum Gasteiger partial charge on any atom is -0.550 e. The number of hydrogen-bond donors (Lipinski definition) is 3. The van der Waals surface area contributed by atoms with Crippen molar-refractivity contribution >= 4 is 11.9 Å². The summed E-state index contributed by atoms with van der Waals surface area (Å²) in [5.41, 5.74) is 0.808. The van der Waals surface area contributed by atoms with E-state index < -0.39 is 55.5 Å². The normalized spacial score (nSPS) is 32.1. The third-order valence-electron chi connectivity index (χ3n) is 6.24. The summed E-state index contributed by atoms with van der Waals surface area (Å²) in [4.78, 5) is 23.3. The summed E-state index contributed by atoms with van der Waals surface area (Å²) in [5.74, 6) is -4.03. The van der Waals surface area contributed by atoms with Gasteiger partial charge in [0.15, 0.2) is 0 Å². The second-order valence-electron chi connectivity index (χ2n) is 8.48. The second kappa shape index (κ2) is 13.1. The number of carbonyl (C=O) groups is 2. The van der Waals surface area contributed by atoms with Crippen molar-refractivity contribution < 1.29 is 68.4 Å². The van der Waals surface area contributed by atoms with Gasteiger partial charge in [-0.05, 0) is 43.1 Å². The molecule has 8 heteroatoms. The molecule has 2 aliphatic carbocycles. The van der Waals surface area contributed by atoms with Crippen molar-refractivity contribution in [2.75, 3.05) is 0 Å². The zero-order valence-electron chi connectivity index (χ0n) is 21.6. The predicted molar refractivity (Wildman–Crippen MR) is 109 cm³/mol. The quantitative estimate of drug-likeness (QED) is 0.263. The van der Waals surface area contributed by atoms with Gasteiger partial charge in [-0.3, -0.25) is 4.79 Å². The predicted octanol–water partition coefficient (Wildman–Crippen LogP) is -1.89. The van der Waals surface area contributed by atoms with Gasteiger partial charge < -0.3 is 30.0 Å². The van der Waals surface area contributed by atoms with Crippen LogP contribution in [0.1, 0.15) is 63.3 Å². The molecule has 0 saturated carbocycles. The maximum atomic E-state index is 12.7. The molecule has 0 fully saturated rings. The van der Waals surface area contributed by atoms with Crippen molar-refractivity contribution in [3.05, 3.63) is 23.8 Å². The molecule has 170 valence electrons. The first kappa shape index (κ1) is 23.5. The molecule has 3 N–H and O–H groups in total. The molecule has 0 saturated heterocycles. The Kier molecular flexibility index (Phi) is 9.92. The summed E-state index contributed by atoms with van der Waals surface area (Å²) >= 11 is 0. The summed E-state index contributed by atoms with van der Waals surface area (Å²) in [6, 6.07) is 0. The van der Waals surface area contributed by atoms with Crippen LogP contribution in [0.25, 0.3) is 0 Å². The summed E-state index contributed by atoms with van der Waals surface area (Å²) in [6.45, 7) is 1.04. The third kappa shape index (κ3) is 7.98. The van der Waals surface area contributed by atoms with Crippen LogP contribution in [-0.4, -0.2) is 51.7 Å². The SMILES string of the molecule is [2H]C([2H])([2H])[C@H](CC)C(=O)O[C@H]1CC=CC2=C[C@@H](O)[C@H](C)[C@H](CC[C@@H](O)C[C@@H](O)CC(=O)[O-])[C@H]21.[Na+]. The van der Waals surface area contributed by atoms with E-state index in [2.05, 4.69) is 0 Å². The molecule has 2 rings (SSSR count). The van der Waals surface area contributed by atoms with Gasteiger partial charge in [-0.25, -0.2) is 0 Å². The van der Waals surface area contributed by atoms with Crippen LogP contribution in [-0.2, 0) is 14.3 Å². The van der Waals surface area contributed by atoms with Crippen LogP contribution in [0.3, 0.4) is 0 Å². The zero-order chi connectivity index (χ0) is 24.9. The standard InChI is InChI=1S/C23H36O7.Na/c1-4-13(2)23(29)30-20-7-5-6-15-10-19(26)14(3)18(22(15)20)9-8-16(24)11-17(25)12-21(27)28;/h5-6,10,13-14,16-20,22,24-26H,4,7-9,11-12H2,1-3H3,(H,27,28);/q;+1/p-1/t13-,14-,16-,17-,18+,19-,20+,22+;/m1./s1/i2D3;. The van der Waals surface area contributed by atoms with Crippen LogP contribution in [0.2, 0.25) is 0 Å². The minimum atomic E-state index is -2.46. The summed E-state index contributed by atoms with van der Waals surface area (Å²) in [5, 5.41) is 41.2. The molecule has 0 bridgehead atoms. The van der Waals surface area contributed by atoms with Crippen LogP contribution >= 0.6 is 0 Å². The van der Waals surface area contributed by atoms with Gasteiger partial charge >= 0.3 is 35.5 Å². The van der Waals surface area contributed by atoms with E-state index in [1.54, 1.807) is 13.0 Å². The smallest absolute Gasteiger partial charge is 0.550 e. The number of aliphatic carboxylic acids is 1. The van der Waals surface area contributed by atoms with Crippen molar-refractivity contribution in [3.8, 4) is 0 Å². The van der Waals surface area contributed by atoms with E-state index in [0.29, 0.717) is 12.8 Å². The van der Waals surface area contributed by atoms with Crippen LogP contribution in [0, 0.1) is 23.7 Å². The van der Waals surface area contributed by atoms with Crippen molar-refractivity contribution in [1.82, 2.24) is 0 Å². The minimum absolute atomic E-state index is 0. The number of fused-ring (bicyclic) bond motifs is 1. The molecular formula is C23H35NaO7. The fraction of sp³-hybridized carbons (Fsp3) is 0.739. The largest absolute Gasteiger partial charge is 1.00 e. The Balaban J connectivity index is 0.00000578. The second-order valence-corrected chi connectivity index (χ2v) is 8.48. The van der Waals surface area contributed by atoms with Crippen molar-refractivity contribution in [1.29, 1.82) is 0 Å². The fourth-order valence-electron chi connectivity index (χ4n) is 4.48. The molecule has 7 nitrogen and oxygen atoms in total. The first-order valence-electron chi connectivity index (χ1n) is 12.2. The maximum absolute atomic E-state index is 12.7.